The van der Waals surface area contributed by atoms with Crippen molar-refractivity contribution in [1.29, 1.82) is 0 Å². The number of nitrogens with one attached hydrogen (secondary N) is 1. The molecule has 5 nitrogen and oxygen atoms in total. The Morgan fingerprint density at radius 1 is 1.30 bits per heavy atom. The molecule has 2 heterocycles. The molecule has 0 aliphatic carbocycles. The lowest BCUT2D eigenvalue weighted by atomic mass is 10.1. The quantitative estimate of drug-likeness (QED) is 0.666. The zero-order chi connectivity index (χ0) is 16.4. The molecule has 3 aromatic rings. The number of carboxylic acids is 1. The summed E-state index contributed by atoms with van der Waals surface area (Å²) in [5.74, 6) is -1.02. The van der Waals surface area contributed by atoms with Gasteiger partial charge in [0.25, 0.3) is 0 Å². The maximum atomic E-state index is 11.1. The fourth-order valence-corrected chi connectivity index (χ4v) is 2.69. The van der Waals surface area contributed by atoms with Gasteiger partial charge in [-0.05, 0) is 37.1 Å². The molecule has 0 saturated heterocycles. The fourth-order valence-electron chi connectivity index (χ4n) is 2.69. The van der Waals surface area contributed by atoms with Crippen molar-refractivity contribution in [1.82, 2.24) is 9.97 Å². The number of unbranched alkanes of at least 4 members (excludes halogenated alkanes) is 1. The predicted molar refractivity (Wildman–Crippen MR) is 89.8 cm³/mol. The van der Waals surface area contributed by atoms with Crippen molar-refractivity contribution in [2.45, 2.75) is 32.8 Å². The number of nitrogens with zero attached hydrogens (tertiary/aromatic N) is 1. The molecule has 2 aromatic heterocycles. The molecule has 23 heavy (non-hydrogen) atoms. The summed E-state index contributed by atoms with van der Waals surface area (Å²) < 4.78 is 5.85. The van der Waals surface area contributed by atoms with Crippen LogP contribution in [0.1, 0.15) is 48.8 Å². The highest BCUT2D eigenvalue weighted by Crippen LogP contribution is 2.29. The largest absolute Gasteiger partial charge is 0.477 e. The number of aromatic amines is 1. The summed E-state index contributed by atoms with van der Waals surface area (Å²) in [7, 11) is 0. The number of hydrogen-bond donors (Lipinski definition) is 2. The van der Waals surface area contributed by atoms with Crippen LogP contribution in [0, 0.1) is 0 Å². The number of aromatic carboxylic acids is 1. The van der Waals surface area contributed by atoms with Gasteiger partial charge in [0, 0.05) is 22.9 Å². The Labute approximate surface area is 134 Å². The molecule has 0 saturated carbocycles. The molecule has 0 aliphatic rings. The number of fused-ring (bicyclic) bond motifs is 3. The number of hydrogen-bond acceptors (Lipinski definition) is 3. The number of aromatic nitrogens is 2. The maximum Gasteiger partial charge on any atom is 0.354 e. The van der Waals surface area contributed by atoms with Crippen LogP contribution in [0.2, 0.25) is 0 Å². The second-order valence-electron chi connectivity index (χ2n) is 5.72. The second-order valence-corrected chi connectivity index (χ2v) is 5.72. The molecule has 1 aromatic carbocycles. The van der Waals surface area contributed by atoms with E-state index in [0.29, 0.717) is 0 Å². The van der Waals surface area contributed by atoms with Gasteiger partial charge in [-0.3, -0.25) is 0 Å². The summed E-state index contributed by atoms with van der Waals surface area (Å²) in [5.41, 5.74) is 2.94. The molecule has 0 fully saturated rings. The summed E-state index contributed by atoms with van der Waals surface area (Å²) >= 11 is 0. The molecule has 2 N–H and O–H groups in total. The number of pyridine rings is 1. The normalized spacial score (nSPS) is 12.8. The third-order valence-electron chi connectivity index (χ3n) is 4.06. The Hall–Kier alpha value is -2.40. The molecule has 0 radical (unpaired) electrons. The van der Waals surface area contributed by atoms with Crippen molar-refractivity contribution < 1.29 is 14.6 Å². The van der Waals surface area contributed by atoms with E-state index < -0.39 is 5.97 Å². The molecule has 120 valence electrons. The highest BCUT2D eigenvalue weighted by Gasteiger charge is 2.12. The lowest BCUT2D eigenvalue weighted by molar-refractivity contribution is 0.0637. The summed E-state index contributed by atoms with van der Waals surface area (Å²) in [5, 5.41) is 11.0. The van der Waals surface area contributed by atoms with Crippen LogP contribution in [-0.4, -0.2) is 27.7 Å². The smallest absolute Gasteiger partial charge is 0.354 e. The summed E-state index contributed by atoms with van der Waals surface area (Å²) in [6.45, 7) is 4.92. The summed E-state index contributed by atoms with van der Waals surface area (Å²) in [4.78, 5) is 18.4. The predicted octanol–water partition coefficient (Wildman–Crippen LogP) is 4.29. The third kappa shape index (κ3) is 3.05. The number of rotatable bonds is 6. The topological polar surface area (TPSA) is 75.2 Å². The Balaban J connectivity index is 2.01. The molecular formula is C18H20N2O3. The Morgan fingerprint density at radius 2 is 2.09 bits per heavy atom. The first-order valence-electron chi connectivity index (χ1n) is 7.86. The molecule has 0 amide bonds. The van der Waals surface area contributed by atoms with E-state index in [2.05, 4.69) is 23.0 Å². The van der Waals surface area contributed by atoms with Gasteiger partial charge >= 0.3 is 5.97 Å². The van der Waals surface area contributed by atoms with Gasteiger partial charge in [0.05, 0.1) is 17.8 Å². The van der Waals surface area contributed by atoms with E-state index >= 15 is 0 Å². The Kier molecular flexibility index (Phi) is 4.30. The molecular weight excluding hydrogens is 292 g/mol. The van der Waals surface area contributed by atoms with Crippen molar-refractivity contribution in [3.63, 3.8) is 0 Å². The highest BCUT2D eigenvalue weighted by atomic mass is 16.5. The molecule has 1 atom stereocenters. The average Bonchev–Trinajstić information content (AvgIpc) is 2.91. The minimum absolute atomic E-state index is 0.0108. The maximum absolute atomic E-state index is 11.1. The van der Waals surface area contributed by atoms with Crippen molar-refractivity contribution in [3.8, 4) is 0 Å². The SMILES string of the molecule is CCCCOC(C)c1ccc2[nH]c3cnc(C(=O)O)cc3c2c1. The monoisotopic (exact) mass is 312 g/mol. The number of ether oxygens (including phenoxy) is 1. The van der Waals surface area contributed by atoms with Crippen molar-refractivity contribution >= 4 is 27.8 Å². The summed E-state index contributed by atoms with van der Waals surface area (Å²) in [6, 6.07) is 7.73. The van der Waals surface area contributed by atoms with Gasteiger partial charge in [-0.2, -0.15) is 0 Å². The molecule has 3 rings (SSSR count). The van der Waals surface area contributed by atoms with Crippen molar-refractivity contribution in [3.05, 3.63) is 41.7 Å². The van der Waals surface area contributed by atoms with E-state index in [9.17, 15) is 4.79 Å². The van der Waals surface area contributed by atoms with Crippen LogP contribution >= 0.6 is 0 Å². The molecule has 1 unspecified atom stereocenters. The fraction of sp³-hybridized carbons (Fsp3) is 0.333. The van der Waals surface area contributed by atoms with Crippen LogP contribution in [0.4, 0.5) is 0 Å². The Morgan fingerprint density at radius 3 is 2.83 bits per heavy atom. The van der Waals surface area contributed by atoms with Crippen molar-refractivity contribution in [2.75, 3.05) is 6.61 Å². The van der Waals surface area contributed by atoms with Gasteiger partial charge in [0.1, 0.15) is 5.69 Å². The number of carboxylic acid groups (broad SMARTS) is 1. The molecule has 0 aliphatic heterocycles. The third-order valence-corrected chi connectivity index (χ3v) is 4.06. The van der Waals surface area contributed by atoms with Gasteiger partial charge in [0.2, 0.25) is 0 Å². The highest BCUT2D eigenvalue weighted by molar-refractivity contribution is 6.08. The van der Waals surface area contributed by atoms with Gasteiger partial charge in [-0.1, -0.05) is 19.4 Å². The molecule has 0 spiro atoms. The first-order valence-corrected chi connectivity index (χ1v) is 7.86. The van der Waals surface area contributed by atoms with E-state index in [-0.39, 0.29) is 11.8 Å². The lowest BCUT2D eigenvalue weighted by Crippen LogP contribution is -2.01. The molecule has 0 bridgehead atoms. The molecule has 5 heteroatoms. The van der Waals surface area contributed by atoms with Crippen LogP contribution < -0.4 is 0 Å². The van der Waals surface area contributed by atoms with E-state index in [1.54, 1.807) is 12.3 Å². The van der Waals surface area contributed by atoms with Gasteiger partial charge in [-0.15, -0.1) is 0 Å². The van der Waals surface area contributed by atoms with Gasteiger partial charge < -0.3 is 14.8 Å². The average molecular weight is 312 g/mol. The lowest BCUT2D eigenvalue weighted by Gasteiger charge is -2.13. The standard InChI is InChI=1S/C18H20N2O3/c1-3-4-7-23-11(2)12-5-6-15-13(8-12)14-9-16(18(21)22)19-10-17(14)20-15/h5-6,8-11,20H,3-4,7H2,1-2H3,(H,21,22). The van der Waals surface area contributed by atoms with Gasteiger partial charge in [0.15, 0.2) is 0 Å². The van der Waals surface area contributed by atoms with E-state index in [1.165, 1.54) is 0 Å². The first kappa shape index (κ1) is 15.5. The number of carbonyl (C=O) groups is 1. The zero-order valence-corrected chi connectivity index (χ0v) is 13.3. The van der Waals surface area contributed by atoms with Crippen molar-refractivity contribution in [2.24, 2.45) is 0 Å². The van der Waals surface area contributed by atoms with E-state index in [0.717, 1.165) is 46.8 Å². The van der Waals surface area contributed by atoms with Crippen LogP contribution in [0.3, 0.4) is 0 Å². The van der Waals surface area contributed by atoms with E-state index in [4.69, 9.17) is 9.84 Å². The number of benzene rings is 1. The minimum Gasteiger partial charge on any atom is -0.477 e. The van der Waals surface area contributed by atoms with Crippen LogP contribution in [0.25, 0.3) is 21.8 Å². The summed E-state index contributed by atoms with van der Waals surface area (Å²) in [6.07, 6.45) is 3.74. The first-order chi connectivity index (χ1) is 11.1. The van der Waals surface area contributed by atoms with E-state index in [1.807, 2.05) is 19.1 Å². The van der Waals surface area contributed by atoms with Crippen LogP contribution in [0.15, 0.2) is 30.5 Å². The minimum atomic E-state index is -1.02. The van der Waals surface area contributed by atoms with Crippen LogP contribution in [0.5, 0.6) is 0 Å². The zero-order valence-electron chi connectivity index (χ0n) is 13.3. The van der Waals surface area contributed by atoms with Crippen LogP contribution in [-0.2, 0) is 4.74 Å². The van der Waals surface area contributed by atoms with Gasteiger partial charge in [-0.25, -0.2) is 9.78 Å². The number of H-pyrrole nitrogens is 1. The second kappa shape index (κ2) is 6.38. The Bertz CT molecular complexity index is 854.